The Bertz CT molecular complexity index is 212. The van der Waals surface area contributed by atoms with Crippen molar-refractivity contribution < 1.29 is 9.59 Å². The summed E-state index contributed by atoms with van der Waals surface area (Å²) < 4.78 is 0. The van der Waals surface area contributed by atoms with Crippen molar-refractivity contribution >= 4 is 11.8 Å². The second-order valence-electron chi connectivity index (χ2n) is 3.09. The van der Waals surface area contributed by atoms with Crippen LogP contribution >= 0.6 is 0 Å². The van der Waals surface area contributed by atoms with Crippen molar-refractivity contribution in [3.8, 4) is 0 Å². The van der Waals surface area contributed by atoms with Gasteiger partial charge in [-0.25, -0.2) is 0 Å². The van der Waals surface area contributed by atoms with Gasteiger partial charge in [0, 0.05) is 18.7 Å². The summed E-state index contributed by atoms with van der Waals surface area (Å²) >= 11 is 0. The highest BCUT2D eigenvalue weighted by Gasteiger charge is 1.94. The zero-order valence-corrected chi connectivity index (χ0v) is 8.58. The molecule has 14 heavy (non-hydrogen) atoms. The van der Waals surface area contributed by atoms with Crippen molar-refractivity contribution in [3.05, 3.63) is 12.2 Å². The van der Waals surface area contributed by atoms with Crippen LogP contribution in [0.3, 0.4) is 0 Å². The summed E-state index contributed by atoms with van der Waals surface area (Å²) in [6.45, 7) is 2.79. The minimum atomic E-state index is -0.605. The molecule has 0 atom stereocenters. The van der Waals surface area contributed by atoms with Crippen LogP contribution in [0.5, 0.6) is 0 Å². The number of hydrogen-bond donors (Lipinski definition) is 2. The largest absolute Gasteiger partial charge is 0.366 e. The fraction of sp³-hybridized carbons (Fsp3) is 0.600. The number of nitrogens with one attached hydrogen (secondary N) is 1. The molecule has 0 radical (unpaired) electrons. The van der Waals surface area contributed by atoms with Crippen LogP contribution in [0, 0.1) is 0 Å². The first-order chi connectivity index (χ1) is 6.66. The summed E-state index contributed by atoms with van der Waals surface area (Å²) in [5, 5.41) is 2.66. The van der Waals surface area contributed by atoms with Crippen molar-refractivity contribution in [1.29, 1.82) is 0 Å². The van der Waals surface area contributed by atoms with Gasteiger partial charge in [0.1, 0.15) is 0 Å². The molecule has 4 nitrogen and oxygen atoms in total. The van der Waals surface area contributed by atoms with Gasteiger partial charge in [-0.05, 0) is 6.42 Å². The molecular formula is C10H18N2O2. The SMILES string of the molecule is CCCCCCNC(=O)/C=C/C(N)=O. The van der Waals surface area contributed by atoms with E-state index in [2.05, 4.69) is 12.2 Å². The molecule has 2 amide bonds. The van der Waals surface area contributed by atoms with Crippen molar-refractivity contribution in [2.24, 2.45) is 5.73 Å². The van der Waals surface area contributed by atoms with E-state index in [4.69, 9.17) is 5.73 Å². The zero-order chi connectivity index (χ0) is 10.8. The summed E-state index contributed by atoms with van der Waals surface area (Å²) in [5.74, 6) is -0.869. The molecule has 3 N–H and O–H groups in total. The van der Waals surface area contributed by atoms with E-state index in [1.165, 1.54) is 12.8 Å². The zero-order valence-electron chi connectivity index (χ0n) is 8.58. The number of hydrogen-bond acceptors (Lipinski definition) is 2. The molecular weight excluding hydrogens is 180 g/mol. The lowest BCUT2D eigenvalue weighted by Gasteiger charge is -2.00. The molecule has 0 aliphatic carbocycles. The highest BCUT2D eigenvalue weighted by atomic mass is 16.2. The number of unbranched alkanes of at least 4 members (excludes halogenated alkanes) is 3. The van der Waals surface area contributed by atoms with E-state index in [-0.39, 0.29) is 5.91 Å². The Hall–Kier alpha value is -1.32. The molecule has 0 aromatic heterocycles. The second kappa shape index (κ2) is 8.29. The molecule has 0 aromatic rings. The average Bonchev–Trinajstić information content (AvgIpc) is 2.14. The molecule has 4 heteroatoms. The topological polar surface area (TPSA) is 72.2 Å². The van der Waals surface area contributed by atoms with Gasteiger partial charge in [0.2, 0.25) is 11.8 Å². The Labute approximate surface area is 84.5 Å². The van der Waals surface area contributed by atoms with Gasteiger partial charge in [0.15, 0.2) is 0 Å². The van der Waals surface area contributed by atoms with Gasteiger partial charge in [0.25, 0.3) is 0 Å². The van der Waals surface area contributed by atoms with E-state index in [9.17, 15) is 9.59 Å². The highest BCUT2D eigenvalue weighted by molar-refractivity contribution is 5.95. The first-order valence-electron chi connectivity index (χ1n) is 4.92. The van der Waals surface area contributed by atoms with Crippen LogP contribution in [0.1, 0.15) is 32.6 Å². The molecule has 0 aliphatic heterocycles. The van der Waals surface area contributed by atoms with E-state index in [1.54, 1.807) is 0 Å². The normalized spacial score (nSPS) is 10.4. The summed E-state index contributed by atoms with van der Waals surface area (Å²) in [7, 11) is 0. The molecule has 80 valence electrons. The Morgan fingerprint density at radius 1 is 1.21 bits per heavy atom. The lowest BCUT2D eigenvalue weighted by atomic mass is 10.2. The molecule has 0 aromatic carbocycles. The van der Waals surface area contributed by atoms with Gasteiger partial charge in [-0.2, -0.15) is 0 Å². The molecule has 0 aliphatic rings. The number of rotatable bonds is 7. The molecule has 0 fully saturated rings. The monoisotopic (exact) mass is 198 g/mol. The Kier molecular flexibility index (Phi) is 7.50. The molecule has 0 spiro atoms. The van der Waals surface area contributed by atoms with E-state index < -0.39 is 5.91 Å². The van der Waals surface area contributed by atoms with Crippen molar-refractivity contribution in [3.63, 3.8) is 0 Å². The van der Waals surface area contributed by atoms with Crippen LogP contribution in [0.25, 0.3) is 0 Å². The van der Waals surface area contributed by atoms with Gasteiger partial charge < -0.3 is 11.1 Å². The van der Waals surface area contributed by atoms with Gasteiger partial charge in [-0.3, -0.25) is 9.59 Å². The maximum Gasteiger partial charge on any atom is 0.244 e. The minimum absolute atomic E-state index is 0.264. The third-order valence-electron chi connectivity index (χ3n) is 1.73. The molecule has 0 unspecified atom stereocenters. The predicted octanol–water partition coefficient (Wildman–Crippen LogP) is 0.724. The molecule has 0 rings (SSSR count). The van der Waals surface area contributed by atoms with E-state index in [0.717, 1.165) is 25.0 Å². The lowest BCUT2D eigenvalue weighted by Crippen LogP contribution is -2.22. The number of carbonyl (C=O) groups excluding carboxylic acids is 2. The van der Waals surface area contributed by atoms with Gasteiger partial charge in [-0.15, -0.1) is 0 Å². The number of nitrogens with two attached hydrogens (primary N) is 1. The quantitative estimate of drug-likeness (QED) is 0.467. The maximum atomic E-state index is 11.0. The van der Waals surface area contributed by atoms with Crippen molar-refractivity contribution in [2.45, 2.75) is 32.6 Å². The number of primary amides is 1. The smallest absolute Gasteiger partial charge is 0.244 e. The maximum absolute atomic E-state index is 11.0. The standard InChI is InChI=1S/C10H18N2O2/c1-2-3-4-5-8-12-10(14)7-6-9(11)13/h6-7H,2-5,8H2,1H3,(H2,11,13)(H,12,14)/b7-6+. The van der Waals surface area contributed by atoms with Gasteiger partial charge >= 0.3 is 0 Å². The summed E-state index contributed by atoms with van der Waals surface area (Å²) in [6, 6.07) is 0. The van der Waals surface area contributed by atoms with Crippen LogP contribution in [0.4, 0.5) is 0 Å². The van der Waals surface area contributed by atoms with Crippen LogP contribution in [-0.4, -0.2) is 18.4 Å². The Balaban J connectivity index is 3.40. The van der Waals surface area contributed by atoms with E-state index in [1.807, 2.05) is 0 Å². The average molecular weight is 198 g/mol. The Morgan fingerprint density at radius 3 is 2.50 bits per heavy atom. The number of amides is 2. The fourth-order valence-corrected chi connectivity index (χ4v) is 0.980. The summed E-state index contributed by atoms with van der Waals surface area (Å²) in [5.41, 5.74) is 4.83. The minimum Gasteiger partial charge on any atom is -0.366 e. The first-order valence-corrected chi connectivity index (χ1v) is 4.92. The van der Waals surface area contributed by atoms with Crippen LogP contribution in [0.15, 0.2) is 12.2 Å². The lowest BCUT2D eigenvalue weighted by molar-refractivity contribution is -0.117. The first kappa shape index (κ1) is 12.7. The van der Waals surface area contributed by atoms with Crippen molar-refractivity contribution in [1.82, 2.24) is 5.32 Å². The van der Waals surface area contributed by atoms with Crippen molar-refractivity contribution in [2.75, 3.05) is 6.54 Å². The van der Waals surface area contributed by atoms with Gasteiger partial charge in [-0.1, -0.05) is 26.2 Å². The molecule has 0 bridgehead atoms. The summed E-state index contributed by atoms with van der Waals surface area (Å²) in [6.07, 6.45) is 6.67. The van der Waals surface area contributed by atoms with Crippen LogP contribution < -0.4 is 11.1 Å². The second-order valence-corrected chi connectivity index (χ2v) is 3.09. The van der Waals surface area contributed by atoms with Crippen LogP contribution in [-0.2, 0) is 9.59 Å². The fourth-order valence-electron chi connectivity index (χ4n) is 0.980. The third kappa shape index (κ3) is 8.77. The summed E-state index contributed by atoms with van der Waals surface area (Å²) in [4.78, 5) is 21.2. The number of carbonyl (C=O) groups is 2. The third-order valence-corrected chi connectivity index (χ3v) is 1.73. The van der Waals surface area contributed by atoms with E-state index >= 15 is 0 Å². The van der Waals surface area contributed by atoms with Gasteiger partial charge in [0.05, 0.1) is 0 Å². The van der Waals surface area contributed by atoms with Crippen LogP contribution in [0.2, 0.25) is 0 Å². The van der Waals surface area contributed by atoms with E-state index in [0.29, 0.717) is 6.54 Å². The highest BCUT2D eigenvalue weighted by Crippen LogP contribution is 1.96. The predicted molar refractivity (Wildman–Crippen MR) is 55.5 cm³/mol. The molecule has 0 saturated carbocycles. The molecule has 0 heterocycles. The Morgan fingerprint density at radius 2 is 1.93 bits per heavy atom. The molecule has 0 saturated heterocycles.